The van der Waals surface area contributed by atoms with E-state index in [4.69, 9.17) is 11.6 Å². The van der Waals surface area contributed by atoms with Gasteiger partial charge in [0.05, 0.1) is 22.9 Å². The van der Waals surface area contributed by atoms with Gasteiger partial charge in [-0.2, -0.15) is 0 Å². The molecule has 2 aromatic heterocycles. The van der Waals surface area contributed by atoms with Crippen molar-refractivity contribution in [2.45, 2.75) is 31.0 Å². The summed E-state index contributed by atoms with van der Waals surface area (Å²) in [7, 11) is 0. The molecule has 2 aliphatic rings. The highest BCUT2D eigenvalue weighted by atomic mass is 35.5. The van der Waals surface area contributed by atoms with Crippen LogP contribution in [0.5, 0.6) is 0 Å². The molecule has 0 aliphatic carbocycles. The molecule has 1 aromatic carbocycles. The number of aromatic nitrogens is 3. The van der Waals surface area contributed by atoms with E-state index in [1.54, 1.807) is 21.7 Å². The third-order valence-electron chi connectivity index (χ3n) is 5.90. The van der Waals surface area contributed by atoms with Gasteiger partial charge in [-0.1, -0.05) is 35.9 Å². The normalized spacial score (nSPS) is 24.5. The Kier molecular flexibility index (Phi) is 4.12. The molecule has 1 saturated heterocycles. The molecule has 0 bridgehead atoms. The van der Waals surface area contributed by atoms with Crippen LogP contribution in [0.25, 0.3) is 5.78 Å². The number of carbonyl (C=O) groups is 1. The zero-order valence-electron chi connectivity index (χ0n) is 15.2. The minimum absolute atomic E-state index is 0.202. The number of hydrogen-bond acceptors (Lipinski definition) is 5. The SMILES string of the molecule is O=C(c1cn2cc(Cl)cnc2n1)N1CC[C@]2(Cc3ccccc3CN2)[C@H](O)C1. The number of halogens is 1. The number of hydrogen-bond donors (Lipinski definition) is 2. The number of amides is 1. The topological polar surface area (TPSA) is 82.8 Å². The van der Waals surface area contributed by atoms with Gasteiger partial charge in [0.15, 0.2) is 0 Å². The minimum atomic E-state index is -0.650. The highest BCUT2D eigenvalue weighted by Gasteiger charge is 2.45. The van der Waals surface area contributed by atoms with E-state index in [0.29, 0.717) is 29.5 Å². The molecule has 3 aromatic rings. The van der Waals surface area contributed by atoms with Crippen molar-refractivity contribution in [1.29, 1.82) is 0 Å². The molecule has 1 spiro atoms. The van der Waals surface area contributed by atoms with Gasteiger partial charge in [-0.15, -0.1) is 0 Å². The summed E-state index contributed by atoms with van der Waals surface area (Å²) in [5.74, 6) is 0.221. The first-order chi connectivity index (χ1) is 13.5. The quantitative estimate of drug-likeness (QED) is 0.652. The van der Waals surface area contributed by atoms with Crippen molar-refractivity contribution >= 4 is 23.3 Å². The fourth-order valence-corrected chi connectivity index (χ4v) is 4.43. The molecule has 0 saturated carbocycles. The third kappa shape index (κ3) is 2.87. The van der Waals surface area contributed by atoms with Crippen LogP contribution in [-0.4, -0.2) is 55.0 Å². The zero-order chi connectivity index (χ0) is 19.3. The van der Waals surface area contributed by atoms with Gasteiger partial charge < -0.3 is 15.3 Å². The summed E-state index contributed by atoms with van der Waals surface area (Å²) in [6, 6.07) is 8.31. The Hall–Kier alpha value is -2.48. The van der Waals surface area contributed by atoms with Crippen LogP contribution < -0.4 is 5.32 Å². The summed E-state index contributed by atoms with van der Waals surface area (Å²) in [6.45, 7) is 1.57. The van der Waals surface area contributed by atoms with Gasteiger partial charge >= 0.3 is 0 Å². The monoisotopic (exact) mass is 397 g/mol. The Labute approximate surface area is 167 Å². The number of carbonyl (C=O) groups excluding carboxylic acids is 1. The fraction of sp³-hybridized carbons (Fsp3) is 0.350. The smallest absolute Gasteiger partial charge is 0.274 e. The van der Waals surface area contributed by atoms with E-state index in [2.05, 4.69) is 27.4 Å². The number of aliphatic hydroxyl groups is 1. The number of imidazole rings is 1. The number of rotatable bonds is 1. The lowest BCUT2D eigenvalue weighted by Crippen LogP contribution is -2.65. The maximum absolute atomic E-state index is 12.9. The second kappa shape index (κ2) is 6.55. The summed E-state index contributed by atoms with van der Waals surface area (Å²) in [6.07, 6.45) is 5.59. The van der Waals surface area contributed by atoms with E-state index in [0.717, 1.165) is 13.0 Å². The Morgan fingerprint density at radius 1 is 1.29 bits per heavy atom. The number of nitrogens with one attached hydrogen (secondary N) is 1. The Bertz CT molecular complexity index is 1070. The van der Waals surface area contributed by atoms with Crippen LogP contribution in [0.4, 0.5) is 0 Å². The lowest BCUT2D eigenvalue weighted by molar-refractivity contribution is -0.0140. The maximum Gasteiger partial charge on any atom is 0.274 e. The van der Waals surface area contributed by atoms with Crippen LogP contribution in [0.2, 0.25) is 5.02 Å². The lowest BCUT2D eigenvalue weighted by atomic mass is 9.76. The molecule has 1 amide bonds. The molecule has 0 radical (unpaired) electrons. The first kappa shape index (κ1) is 17.6. The van der Waals surface area contributed by atoms with Crippen molar-refractivity contribution in [2.75, 3.05) is 13.1 Å². The largest absolute Gasteiger partial charge is 0.389 e. The van der Waals surface area contributed by atoms with Crippen molar-refractivity contribution in [3.63, 3.8) is 0 Å². The number of benzene rings is 1. The van der Waals surface area contributed by atoms with Gasteiger partial charge in [-0.05, 0) is 24.0 Å². The van der Waals surface area contributed by atoms with Crippen LogP contribution >= 0.6 is 11.6 Å². The van der Waals surface area contributed by atoms with Gasteiger partial charge in [-0.3, -0.25) is 9.20 Å². The third-order valence-corrected chi connectivity index (χ3v) is 6.09. The molecule has 144 valence electrons. The summed E-state index contributed by atoms with van der Waals surface area (Å²) in [5.41, 5.74) is 2.46. The Morgan fingerprint density at radius 2 is 2.11 bits per heavy atom. The molecule has 2 N–H and O–H groups in total. The van der Waals surface area contributed by atoms with E-state index in [9.17, 15) is 9.90 Å². The number of aliphatic hydroxyl groups excluding tert-OH is 1. The highest BCUT2D eigenvalue weighted by Crippen LogP contribution is 2.32. The highest BCUT2D eigenvalue weighted by molar-refractivity contribution is 6.30. The van der Waals surface area contributed by atoms with Crippen molar-refractivity contribution in [3.8, 4) is 0 Å². The molecule has 8 heteroatoms. The maximum atomic E-state index is 12.9. The molecular weight excluding hydrogens is 378 g/mol. The Morgan fingerprint density at radius 3 is 2.93 bits per heavy atom. The number of nitrogens with zero attached hydrogens (tertiary/aromatic N) is 4. The molecule has 0 unspecified atom stereocenters. The fourth-order valence-electron chi connectivity index (χ4n) is 4.27. The predicted octanol–water partition coefficient (Wildman–Crippen LogP) is 1.67. The van der Waals surface area contributed by atoms with Crippen LogP contribution in [0.3, 0.4) is 0 Å². The summed E-state index contributed by atoms with van der Waals surface area (Å²) in [4.78, 5) is 23.0. The van der Waals surface area contributed by atoms with Crippen LogP contribution in [0, 0.1) is 0 Å². The number of β-amino-alcohol motifs (C(OH)–C–C–N with tert-alkyl or cyclic N) is 1. The average molecular weight is 398 g/mol. The predicted molar refractivity (Wildman–Crippen MR) is 104 cm³/mol. The summed E-state index contributed by atoms with van der Waals surface area (Å²) in [5, 5.41) is 15.0. The van der Waals surface area contributed by atoms with Crippen molar-refractivity contribution < 1.29 is 9.90 Å². The number of likely N-dealkylation sites (tertiary alicyclic amines) is 1. The molecule has 5 rings (SSSR count). The standard InChI is InChI=1S/C20H20ClN5O2/c21-15-9-22-19-24-16(11-26(19)10-15)18(28)25-6-5-20(17(27)12-25)7-13-3-1-2-4-14(13)8-23-20/h1-4,9-11,17,23,27H,5-8,12H2/t17-,20+/m1/s1. The lowest BCUT2D eigenvalue weighted by Gasteiger charge is -2.48. The second-order valence-corrected chi connectivity index (χ2v) is 8.01. The average Bonchev–Trinajstić information content (AvgIpc) is 3.13. The van der Waals surface area contributed by atoms with Gasteiger partial charge in [0.25, 0.3) is 5.91 Å². The van der Waals surface area contributed by atoms with Crippen LogP contribution in [0.15, 0.2) is 42.9 Å². The molecule has 7 nitrogen and oxygen atoms in total. The molecular formula is C20H20ClN5O2. The second-order valence-electron chi connectivity index (χ2n) is 7.58. The zero-order valence-corrected chi connectivity index (χ0v) is 15.9. The first-order valence-corrected chi connectivity index (χ1v) is 9.71. The van der Waals surface area contributed by atoms with Gasteiger partial charge in [0, 0.05) is 32.0 Å². The van der Waals surface area contributed by atoms with Crippen molar-refractivity contribution in [1.82, 2.24) is 24.6 Å². The van der Waals surface area contributed by atoms with Gasteiger partial charge in [-0.25, -0.2) is 9.97 Å². The van der Waals surface area contributed by atoms with E-state index >= 15 is 0 Å². The molecule has 2 aliphatic heterocycles. The van der Waals surface area contributed by atoms with Crippen molar-refractivity contribution in [2.24, 2.45) is 0 Å². The van der Waals surface area contributed by atoms with E-state index in [1.807, 2.05) is 12.1 Å². The van der Waals surface area contributed by atoms with E-state index < -0.39 is 6.10 Å². The number of fused-ring (bicyclic) bond motifs is 2. The van der Waals surface area contributed by atoms with Gasteiger partial charge in [0.2, 0.25) is 5.78 Å². The molecule has 28 heavy (non-hydrogen) atoms. The van der Waals surface area contributed by atoms with Crippen molar-refractivity contribution in [3.05, 3.63) is 64.7 Å². The molecule has 1 fully saturated rings. The number of piperidine rings is 1. The summed E-state index contributed by atoms with van der Waals surface area (Å²) >= 11 is 5.95. The summed E-state index contributed by atoms with van der Waals surface area (Å²) < 4.78 is 1.64. The van der Waals surface area contributed by atoms with E-state index in [-0.39, 0.29) is 18.0 Å². The Balaban J connectivity index is 1.35. The van der Waals surface area contributed by atoms with Gasteiger partial charge in [0.1, 0.15) is 5.69 Å². The van der Waals surface area contributed by atoms with E-state index in [1.165, 1.54) is 17.3 Å². The molecule has 4 heterocycles. The van der Waals surface area contributed by atoms with Crippen LogP contribution in [-0.2, 0) is 13.0 Å². The van der Waals surface area contributed by atoms with Crippen LogP contribution in [0.1, 0.15) is 28.0 Å². The molecule has 2 atom stereocenters. The first-order valence-electron chi connectivity index (χ1n) is 9.33. The minimum Gasteiger partial charge on any atom is -0.389 e.